The summed E-state index contributed by atoms with van der Waals surface area (Å²) in [5.41, 5.74) is 2.40. The number of sulfone groups is 1. The fourth-order valence-electron chi connectivity index (χ4n) is 3.93. The van der Waals surface area contributed by atoms with Gasteiger partial charge in [0.15, 0.2) is 15.4 Å². The van der Waals surface area contributed by atoms with Crippen molar-refractivity contribution in [3.8, 4) is 0 Å². The maximum Gasteiger partial charge on any atom is 0.420 e. The standard InChI is InChI=1S/C22H25FN2O5S/c1-15-11-17(3-4-19(15)23)14-31(27,28)18-12-16(2)21-20(13-18)30-22(26)25(21)6-5-24-7-9-29-10-8-24/h3-4,11-13H,5-10,14H2,1-2H3. The Morgan fingerprint density at radius 2 is 1.77 bits per heavy atom. The molecule has 2 heterocycles. The van der Waals surface area contributed by atoms with Crippen molar-refractivity contribution in [3.63, 3.8) is 0 Å². The number of benzene rings is 2. The number of nitrogens with zero attached hydrogens (tertiary/aromatic N) is 2. The predicted octanol–water partition coefficient (Wildman–Crippen LogP) is 2.66. The van der Waals surface area contributed by atoms with Gasteiger partial charge >= 0.3 is 5.76 Å². The van der Waals surface area contributed by atoms with Gasteiger partial charge in [-0.05, 0) is 42.7 Å². The number of fused-ring (bicyclic) bond motifs is 1. The molecule has 1 aromatic heterocycles. The first-order valence-electron chi connectivity index (χ1n) is 10.2. The van der Waals surface area contributed by atoms with Crippen LogP contribution < -0.4 is 5.76 Å². The average molecular weight is 449 g/mol. The Labute approximate surface area is 179 Å². The molecule has 0 radical (unpaired) electrons. The second-order valence-corrected chi connectivity index (χ2v) is 9.89. The van der Waals surface area contributed by atoms with E-state index in [1.54, 1.807) is 24.5 Å². The molecule has 7 nitrogen and oxygen atoms in total. The normalized spacial score (nSPS) is 15.6. The Hall–Kier alpha value is -2.49. The van der Waals surface area contributed by atoms with E-state index in [1.807, 2.05) is 0 Å². The molecular formula is C22H25FN2O5S. The first-order valence-corrected chi connectivity index (χ1v) is 11.8. The highest BCUT2D eigenvalue weighted by molar-refractivity contribution is 7.90. The van der Waals surface area contributed by atoms with Crippen molar-refractivity contribution < 1.29 is 22.0 Å². The minimum absolute atomic E-state index is 0.0774. The van der Waals surface area contributed by atoms with Crippen LogP contribution in [0.1, 0.15) is 16.7 Å². The van der Waals surface area contributed by atoms with Gasteiger partial charge in [0.05, 0.1) is 29.4 Å². The third kappa shape index (κ3) is 4.58. The fourth-order valence-corrected chi connectivity index (χ4v) is 5.36. The van der Waals surface area contributed by atoms with Crippen LogP contribution in [0.2, 0.25) is 0 Å². The van der Waals surface area contributed by atoms with Gasteiger partial charge in [0.2, 0.25) is 0 Å². The molecule has 9 heteroatoms. The summed E-state index contributed by atoms with van der Waals surface area (Å²) in [4.78, 5) is 14.7. The summed E-state index contributed by atoms with van der Waals surface area (Å²) >= 11 is 0. The lowest BCUT2D eigenvalue weighted by Crippen LogP contribution is -2.39. The van der Waals surface area contributed by atoms with Crippen LogP contribution in [0.4, 0.5) is 4.39 Å². The lowest BCUT2D eigenvalue weighted by Gasteiger charge is -2.26. The molecule has 0 bridgehead atoms. The molecule has 3 aromatic rings. The number of aromatic nitrogens is 1. The Morgan fingerprint density at radius 3 is 2.48 bits per heavy atom. The molecule has 1 fully saturated rings. The van der Waals surface area contributed by atoms with Crippen LogP contribution in [0.15, 0.2) is 44.4 Å². The zero-order chi connectivity index (χ0) is 22.2. The van der Waals surface area contributed by atoms with Gasteiger partial charge in [0.25, 0.3) is 0 Å². The average Bonchev–Trinajstić information content (AvgIpc) is 3.05. The summed E-state index contributed by atoms with van der Waals surface area (Å²) < 4.78 is 51.8. The van der Waals surface area contributed by atoms with E-state index < -0.39 is 15.6 Å². The van der Waals surface area contributed by atoms with E-state index in [0.29, 0.717) is 48.5 Å². The fraction of sp³-hybridized carbons (Fsp3) is 0.409. The monoisotopic (exact) mass is 448 g/mol. The number of oxazole rings is 1. The van der Waals surface area contributed by atoms with Gasteiger partial charge in [-0.2, -0.15) is 0 Å². The van der Waals surface area contributed by atoms with E-state index in [4.69, 9.17) is 9.15 Å². The van der Waals surface area contributed by atoms with Crippen molar-refractivity contribution in [2.45, 2.75) is 31.0 Å². The van der Waals surface area contributed by atoms with Gasteiger partial charge in [-0.1, -0.05) is 12.1 Å². The molecule has 0 unspecified atom stereocenters. The third-order valence-electron chi connectivity index (χ3n) is 5.61. The molecule has 0 atom stereocenters. The molecule has 166 valence electrons. The molecule has 31 heavy (non-hydrogen) atoms. The molecule has 0 N–H and O–H groups in total. The lowest BCUT2D eigenvalue weighted by atomic mass is 10.1. The van der Waals surface area contributed by atoms with Crippen LogP contribution in [0.3, 0.4) is 0 Å². The molecule has 1 aliphatic heterocycles. The van der Waals surface area contributed by atoms with Gasteiger partial charge in [0, 0.05) is 32.2 Å². The van der Waals surface area contributed by atoms with Crippen molar-refractivity contribution in [2.75, 3.05) is 32.8 Å². The maximum atomic E-state index is 13.5. The molecule has 0 aliphatic carbocycles. The van der Waals surface area contributed by atoms with E-state index in [1.165, 1.54) is 24.3 Å². The second kappa shape index (κ2) is 8.57. The number of aryl methyl sites for hydroxylation is 2. The molecule has 0 spiro atoms. The Kier molecular flexibility index (Phi) is 6.00. The highest BCUT2D eigenvalue weighted by atomic mass is 32.2. The van der Waals surface area contributed by atoms with Crippen LogP contribution in [-0.4, -0.2) is 50.7 Å². The van der Waals surface area contributed by atoms with Crippen molar-refractivity contribution in [1.82, 2.24) is 9.47 Å². The van der Waals surface area contributed by atoms with E-state index in [2.05, 4.69) is 4.90 Å². The van der Waals surface area contributed by atoms with Crippen molar-refractivity contribution in [3.05, 3.63) is 63.4 Å². The Bertz CT molecular complexity index is 1270. The quantitative estimate of drug-likeness (QED) is 0.577. The number of ether oxygens (including phenoxy) is 1. The van der Waals surface area contributed by atoms with Gasteiger partial charge < -0.3 is 9.15 Å². The smallest absolute Gasteiger partial charge is 0.408 e. The molecule has 0 saturated carbocycles. The molecular weight excluding hydrogens is 423 g/mol. The van der Waals surface area contributed by atoms with Crippen LogP contribution >= 0.6 is 0 Å². The number of hydrogen-bond donors (Lipinski definition) is 0. The van der Waals surface area contributed by atoms with Crippen LogP contribution in [-0.2, 0) is 26.9 Å². The first kappa shape index (κ1) is 21.7. The SMILES string of the molecule is Cc1cc(CS(=O)(=O)c2cc(C)c3c(c2)oc(=O)n3CCN2CCOCC2)ccc1F. The van der Waals surface area contributed by atoms with Gasteiger partial charge in [0.1, 0.15) is 5.82 Å². The number of rotatable bonds is 6. The highest BCUT2D eigenvalue weighted by Crippen LogP contribution is 2.26. The van der Waals surface area contributed by atoms with Crippen molar-refractivity contribution in [1.29, 1.82) is 0 Å². The minimum Gasteiger partial charge on any atom is -0.408 e. The summed E-state index contributed by atoms with van der Waals surface area (Å²) in [5, 5.41) is 0. The van der Waals surface area contributed by atoms with Crippen LogP contribution in [0, 0.1) is 19.7 Å². The highest BCUT2D eigenvalue weighted by Gasteiger charge is 2.21. The summed E-state index contributed by atoms with van der Waals surface area (Å²) in [6.45, 7) is 7.47. The van der Waals surface area contributed by atoms with Crippen LogP contribution in [0.5, 0.6) is 0 Å². The number of morpholine rings is 1. The van der Waals surface area contributed by atoms with E-state index in [0.717, 1.165) is 13.1 Å². The van der Waals surface area contributed by atoms with Crippen molar-refractivity contribution >= 4 is 20.9 Å². The summed E-state index contributed by atoms with van der Waals surface area (Å²) in [7, 11) is -3.71. The zero-order valence-corrected chi connectivity index (χ0v) is 18.4. The summed E-state index contributed by atoms with van der Waals surface area (Å²) in [6, 6.07) is 7.23. The first-order chi connectivity index (χ1) is 14.7. The third-order valence-corrected chi connectivity index (χ3v) is 7.28. The Morgan fingerprint density at radius 1 is 1.03 bits per heavy atom. The van der Waals surface area contributed by atoms with Crippen LogP contribution in [0.25, 0.3) is 11.1 Å². The van der Waals surface area contributed by atoms with E-state index in [9.17, 15) is 17.6 Å². The molecule has 4 rings (SSSR count). The molecule has 1 aliphatic rings. The number of hydrogen-bond acceptors (Lipinski definition) is 6. The zero-order valence-electron chi connectivity index (χ0n) is 17.6. The summed E-state index contributed by atoms with van der Waals surface area (Å²) in [6.07, 6.45) is 0. The maximum absolute atomic E-state index is 13.5. The minimum atomic E-state index is -3.71. The van der Waals surface area contributed by atoms with E-state index in [-0.39, 0.29) is 22.0 Å². The largest absolute Gasteiger partial charge is 0.420 e. The van der Waals surface area contributed by atoms with Gasteiger partial charge in [-0.3, -0.25) is 9.47 Å². The van der Waals surface area contributed by atoms with E-state index >= 15 is 0 Å². The molecule has 2 aromatic carbocycles. The molecule has 1 saturated heterocycles. The summed E-state index contributed by atoms with van der Waals surface area (Å²) in [5.74, 6) is -1.14. The lowest BCUT2D eigenvalue weighted by molar-refractivity contribution is 0.0363. The van der Waals surface area contributed by atoms with Crippen molar-refractivity contribution in [2.24, 2.45) is 0 Å². The van der Waals surface area contributed by atoms with Gasteiger partial charge in [-0.15, -0.1) is 0 Å². The predicted molar refractivity (Wildman–Crippen MR) is 114 cm³/mol. The Balaban J connectivity index is 1.62. The number of halogens is 1. The topological polar surface area (TPSA) is 81.8 Å². The van der Waals surface area contributed by atoms with Gasteiger partial charge in [-0.25, -0.2) is 17.6 Å². The molecule has 0 amide bonds. The second-order valence-electron chi connectivity index (χ2n) is 7.90.